The number of ether oxygens (including phenoxy) is 1. The van der Waals surface area contributed by atoms with E-state index in [0.717, 1.165) is 35.7 Å². The summed E-state index contributed by atoms with van der Waals surface area (Å²) in [4.78, 5) is 23.4. The van der Waals surface area contributed by atoms with Gasteiger partial charge in [0.05, 0.1) is 4.47 Å². The third kappa shape index (κ3) is 6.09. The van der Waals surface area contributed by atoms with Crippen LogP contribution in [0.1, 0.15) is 37.7 Å². The molecular weight excluding hydrogens is 362 g/mol. The largest absolute Gasteiger partial charge is 0.483 e. The van der Waals surface area contributed by atoms with Crippen molar-refractivity contribution in [3.63, 3.8) is 0 Å². The monoisotopic (exact) mass is 383 g/mol. The summed E-state index contributed by atoms with van der Waals surface area (Å²) < 4.78 is 6.19. The van der Waals surface area contributed by atoms with Gasteiger partial charge >= 0.3 is 6.03 Å². The zero-order chi connectivity index (χ0) is 16.7. The van der Waals surface area contributed by atoms with Gasteiger partial charge in [0.25, 0.3) is 5.91 Å². The molecule has 126 valence electrons. The highest BCUT2D eigenvalue weighted by atomic mass is 79.9. The molecule has 1 aromatic carbocycles. The Hall–Kier alpha value is -1.76. The summed E-state index contributed by atoms with van der Waals surface area (Å²) in [6, 6.07) is 5.40. The maximum absolute atomic E-state index is 11.7. The number of carbonyl (C=O) groups excluding carboxylic acids is 2. The van der Waals surface area contributed by atoms with Crippen LogP contribution in [0.3, 0.4) is 0 Å². The molecule has 0 heterocycles. The molecule has 0 aromatic heterocycles. The molecule has 0 aliphatic heterocycles. The van der Waals surface area contributed by atoms with Crippen molar-refractivity contribution in [2.24, 2.45) is 0 Å². The van der Waals surface area contributed by atoms with E-state index in [0.29, 0.717) is 5.75 Å². The molecule has 0 saturated heterocycles. The number of amides is 3. The van der Waals surface area contributed by atoms with Crippen LogP contribution in [0, 0.1) is 6.92 Å². The highest BCUT2D eigenvalue weighted by Crippen LogP contribution is 2.25. The smallest absolute Gasteiger partial charge is 0.333 e. The predicted molar refractivity (Wildman–Crippen MR) is 91.1 cm³/mol. The first kappa shape index (κ1) is 17.6. The van der Waals surface area contributed by atoms with Gasteiger partial charge in [-0.15, -0.1) is 0 Å². The van der Waals surface area contributed by atoms with E-state index in [1.165, 1.54) is 6.42 Å². The molecule has 3 N–H and O–H groups in total. The lowest BCUT2D eigenvalue weighted by Crippen LogP contribution is -2.51. The molecule has 6 nitrogen and oxygen atoms in total. The van der Waals surface area contributed by atoms with Gasteiger partial charge in [-0.1, -0.05) is 25.3 Å². The zero-order valence-electron chi connectivity index (χ0n) is 13.2. The van der Waals surface area contributed by atoms with Crippen LogP contribution >= 0.6 is 15.9 Å². The minimum absolute atomic E-state index is 0.175. The molecule has 1 fully saturated rings. The molecule has 1 aromatic rings. The van der Waals surface area contributed by atoms with E-state index in [4.69, 9.17) is 4.74 Å². The quantitative estimate of drug-likeness (QED) is 0.699. The molecule has 2 rings (SSSR count). The fraction of sp³-hybridized carbons (Fsp3) is 0.500. The number of hydrazine groups is 1. The summed E-state index contributed by atoms with van der Waals surface area (Å²) >= 11 is 3.38. The summed E-state index contributed by atoms with van der Waals surface area (Å²) in [5.41, 5.74) is 5.77. The number of aryl methyl sites for hydroxylation is 1. The van der Waals surface area contributed by atoms with Gasteiger partial charge in [-0.3, -0.25) is 10.2 Å². The van der Waals surface area contributed by atoms with Crippen LogP contribution in [-0.4, -0.2) is 24.6 Å². The molecule has 7 heteroatoms. The van der Waals surface area contributed by atoms with E-state index < -0.39 is 5.91 Å². The Morgan fingerprint density at radius 1 is 1.22 bits per heavy atom. The van der Waals surface area contributed by atoms with Crippen LogP contribution in [0.5, 0.6) is 5.75 Å². The lowest BCUT2D eigenvalue weighted by molar-refractivity contribution is -0.123. The van der Waals surface area contributed by atoms with Gasteiger partial charge in [0, 0.05) is 6.04 Å². The second-order valence-corrected chi connectivity index (χ2v) is 6.56. The van der Waals surface area contributed by atoms with E-state index in [-0.39, 0.29) is 18.7 Å². The zero-order valence-corrected chi connectivity index (χ0v) is 14.7. The molecule has 3 amide bonds. The van der Waals surface area contributed by atoms with Gasteiger partial charge in [-0.2, -0.15) is 0 Å². The van der Waals surface area contributed by atoms with E-state index >= 15 is 0 Å². The van der Waals surface area contributed by atoms with Crippen molar-refractivity contribution in [2.45, 2.75) is 45.1 Å². The van der Waals surface area contributed by atoms with Crippen LogP contribution in [0.2, 0.25) is 0 Å². The first-order valence-electron chi connectivity index (χ1n) is 7.79. The van der Waals surface area contributed by atoms with Crippen LogP contribution < -0.4 is 20.9 Å². The Bertz CT molecular complexity index is 560. The summed E-state index contributed by atoms with van der Waals surface area (Å²) in [5.74, 6) is 0.161. The number of halogens is 1. The summed E-state index contributed by atoms with van der Waals surface area (Å²) in [6.45, 7) is 1.79. The van der Waals surface area contributed by atoms with E-state index in [1.54, 1.807) is 6.07 Å². The topological polar surface area (TPSA) is 79.5 Å². The second-order valence-electron chi connectivity index (χ2n) is 5.70. The minimum Gasteiger partial charge on any atom is -0.483 e. The molecule has 0 radical (unpaired) electrons. The number of rotatable bonds is 4. The van der Waals surface area contributed by atoms with Crippen LogP contribution in [0.15, 0.2) is 22.7 Å². The van der Waals surface area contributed by atoms with Crippen LogP contribution in [-0.2, 0) is 4.79 Å². The molecule has 0 unspecified atom stereocenters. The maximum atomic E-state index is 11.7. The van der Waals surface area contributed by atoms with E-state index in [2.05, 4.69) is 32.1 Å². The average Bonchev–Trinajstić information content (AvgIpc) is 2.53. The fourth-order valence-corrected chi connectivity index (χ4v) is 3.10. The normalized spacial score (nSPS) is 14.9. The summed E-state index contributed by atoms with van der Waals surface area (Å²) in [6.07, 6.45) is 5.48. The first-order chi connectivity index (χ1) is 11.0. The fourth-order valence-electron chi connectivity index (χ4n) is 2.50. The third-order valence-electron chi connectivity index (χ3n) is 3.70. The summed E-state index contributed by atoms with van der Waals surface area (Å²) in [7, 11) is 0. The van der Waals surface area contributed by atoms with Crippen molar-refractivity contribution in [3.05, 3.63) is 28.2 Å². The number of urea groups is 1. The highest BCUT2D eigenvalue weighted by Gasteiger charge is 2.15. The Kier molecular flexibility index (Phi) is 6.70. The van der Waals surface area contributed by atoms with Gasteiger partial charge in [-0.05, 0) is 53.4 Å². The predicted octanol–water partition coefficient (Wildman–Crippen LogP) is 2.80. The standard InChI is InChI=1S/C16H22BrN3O3/c1-11-7-8-14(13(17)9-11)23-10-15(21)19-20-16(22)18-12-5-3-2-4-6-12/h7-9,12H,2-6,10H2,1H3,(H,19,21)(H2,18,20,22). The Morgan fingerprint density at radius 2 is 1.96 bits per heavy atom. The molecule has 1 aliphatic rings. The molecular formula is C16H22BrN3O3. The molecule has 0 bridgehead atoms. The first-order valence-corrected chi connectivity index (χ1v) is 8.58. The molecule has 0 spiro atoms. The van der Waals surface area contributed by atoms with Crippen molar-refractivity contribution in [1.29, 1.82) is 0 Å². The SMILES string of the molecule is Cc1ccc(OCC(=O)NNC(=O)NC2CCCCC2)c(Br)c1. The molecule has 1 aliphatic carbocycles. The summed E-state index contributed by atoms with van der Waals surface area (Å²) in [5, 5.41) is 2.85. The minimum atomic E-state index is -0.420. The Balaban J connectivity index is 1.67. The number of hydrogen-bond donors (Lipinski definition) is 3. The second kappa shape index (κ2) is 8.76. The Labute approximate surface area is 144 Å². The van der Waals surface area contributed by atoms with E-state index in [9.17, 15) is 9.59 Å². The van der Waals surface area contributed by atoms with Crippen molar-refractivity contribution in [1.82, 2.24) is 16.2 Å². The lowest BCUT2D eigenvalue weighted by atomic mass is 9.96. The Morgan fingerprint density at radius 3 is 2.65 bits per heavy atom. The van der Waals surface area contributed by atoms with Crippen molar-refractivity contribution in [3.8, 4) is 5.75 Å². The average molecular weight is 384 g/mol. The number of benzene rings is 1. The van der Waals surface area contributed by atoms with Gasteiger partial charge in [0.15, 0.2) is 6.61 Å². The van der Waals surface area contributed by atoms with Gasteiger partial charge in [0.2, 0.25) is 0 Å². The third-order valence-corrected chi connectivity index (χ3v) is 4.32. The molecule has 23 heavy (non-hydrogen) atoms. The van der Waals surface area contributed by atoms with Crippen LogP contribution in [0.4, 0.5) is 4.79 Å². The van der Waals surface area contributed by atoms with Gasteiger partial charge in [0.1, 0.15) is 5.75 Å². The maximum Gasteiger partial charge on any atom is 0.333 e. The van der Waals surface area contributed by atoms with Gasteiger partial charge in [-0.25, -0.2) is 10.2 Å². The number of hydrogen-bond acceptors (Lipinski definition) is 3. The van der Waals surface area contributed by atoms with Crippen molar-refractivity contribution in [2.75, 3.05) is 6.61 Å². The van der Waals surface area contributed by atoms with Gasteiger partial charge < -0.3 is 10.1 Å². The number of nitrogens with one attached hydrogen (secondary N) is 3. The number of carbonyl (C=O) groups is 2. The van der Waals surface area contributed by atoms with Crippen molar-refractivity contribution >= 4 is 27.9 Å². The van der Waals surface area contributed by atoms with E-state index in [1.807, 2.05) is 19.1 Å². The van der Waals surface area contributed by atoms with Crippen molar-refractivity contribution < 1.29 is 14.3 Å². The lowest BCUT2D eigenvalue weighted by Gasteiger charge is -2.22. The highest BCUT2D eigenvalue weighted by molar-refractivity contribution is 9.10. The van der Waals surface area contributed by atoms with Crippen LogP contribution in [0.25, 0.3) is 0 Å². The molecule has 1 saturated carbocycles. The molecule has 0 atom stereocenters.